The number of ether oxygens (including phenoxy) is 10. The molecule has 0 amide bonds. The van der Waals surface area contributed by atoms with Crippen LogP contribution >= 0.6 is 0 Å². The van der Waals surface area contributed by atoms with Crippen LogP contribution in [-0.4, -0.2) is 146 Å². The monoisotopic (exact) mass is 712 g/mol. The van der Waals surface area contributed by atoms with Crippen LogP contribution in [0.1, 0.15) is 71.1 Å². The Morgan fingerprint density at radius 2 is 0.646 bits per heavy atom. The fraction of sp³-hybridized carbons (Fsp3) is 0.971. The number of carbonyl (C=O) groups is 1. The van der Waals surface area contributed by atoms with Gasteiger partial charge in [0.25, 0.3) is 0 Å². The molecule has 0 atom stereocenters. The number of rotatable bonds is 41. The predicted molar refractivity (Wildman–Crippen MR) is 189 cm³/mol. The molecule has 0 aliphatic heterocycles. The number of hydrogen-bond donors (Lipinski definition) is 0. The molecule has 0 unspecified atom stereocenters. The van der Waals surface area contributed by atoms with Crippen molar-refractivity contribution >= 4 is 14.3 Å². The lowest BCUT2D eigenvalue weighted by molar-refractivity contribution is -0.145. The van der Waals surface area contributed by atoms with E-state index in [4.69, 9.17) is 51.8 Å². The highest BCUT2D eigenvalue weighted by Gasteiger charge is 2.13. The van der Waals surface area contributed by atoms with Gasteiger partial charge in [0.05, 0.1) is 126 Å². The topological polar surface area (TPSA) is 119 Å². The van der Waals surface area contributed by atoms with Crippen molar-refractivity contribution in [2.45, 2.75) is 90.8 Å². The Hall–Kier alpha value is -0.713. The summed E-state index contributed by atoms with van der Waals surface area (Å²) in [7, 11) is -1.45. The van der Waals surface area contributed by atoms with Gasteiger partial charge in [-0.05, 0) is 26.1 Å². The van der Waals surface area contributed by atoms with Crippen molar-refractivity contribution in [1.29, 1.82) is 0 Å². The lowest BCUT2D eigenvalue weighted by Gasteiger charge is -2.16. The summed E-state index contributed by atoms with van der Waals surface area (Å²) in [6.45, 7) is 18.8. The van der Waals surface area contributed by atoms with Gasteiger partial charge < -0.3 is 51.8 Å². The molecule has 12 nitrogen and oxygen atoms in total. The summed E-state index contributed by atoms with van der Waals surface area (Å²) in [6, 6.07) is 0. The van der Waals surface area contributed by atoms with E-state index in [-0.39, 0.29) is 5.97 Å². The van der Waals surface area contributed by atoms with E-state index in [1.807, 2.05) is 0 Å². The molecule has 0 aromatic rings. The van der Waals surface area contributed by atoms with Crippen LogP contribution in [0.3, 0.4) is 0 Å². The van der Waals surface area contributed by atoms with Crippen LogP contribution in [0.25, 0.3) is 0 Å². The molecule has 0 bridgehead atoms. The summed E-state index contributed by atoms with van der Waals surface area (Å²) in [5.74, 6) is -0.135. The number of carbonyl (C=O) groups excluding carboxylic acids is 1. The molecule has 13 heteroatoms. The van der Waals surface area contributed by atoms with Crippen molar-refractivity contribution in [1.82, 2.24) is 0 Å². The van der Waals surface area contributed by atoms with Gasteiger partial charge in [0.2, 0.25) is 0 Å². The second-order valence-electron chi connectivity index (χ2n) is 12.3. The lowest BCUT2D eigenvalue weighted by atomic mass is 10.1. The average molecular weight is 713 g/mol. The second kappa shape index (κ2) is 39.1. The smallest absolute Gasteiger partial charge is 0.305 e. The normalized spacial score (nSPS) is 11.8. The molecule has 0 aromatic heterocycles. The minimum atomic E-state index is -1.45. The zero-order chi connectivity index (χ0) is 35.1. The molecule has 0 fully saturated rings. The average Bonchev–Trinajstić information content (AvgIpc) is 3.06. The highest BCUT2D eigenvalue weighted by molar-refractivity contribution is 6.69. The molecule has 0 rings (SSSR count). The maximum atomic E-state index is 11.8. The van der Waals surface area contributed by atoms with Gasteiger partial charge in [-0.1, -0.05) is 58.3 Å². The van der Waals surface area contributed by atoms with Crippen molar-refractivity contribution in [3.8, 4) is 0 Å². The van der Waals surface area contributed by atoms with E-state index in [1.165, 1.54) is 44.9 Å². The van der Waals surface area contributed by atoms with E-state index in [1.54, 1.807) is 0 Å². The van der Waals surface area contributed by atoms with Gasteiger partial charge in [0.1, 0.15) is 6.61 Å². The van der Waals surface area contributed by atoms with E-state index < -0.39 is 8.32 Å². The summed E-state index contributed by atoms with van der Waals surface area (Å²) >= 11 is 0. The van der Waals surface area contributed by atoms with E-state index in [9.17, 15) is 4.79 Å². The number of esters is 1. The van der Waals surface area contributed by atoms with Gasteiger partial charge in [0, 0.05) is 6.42 Å². The fourth-order valence-corrected chi connectivity index (χ4v) is 4.83. The molecular formula is C35H72O12Si. The first kappa shape index (κ1) is 47.3. The standard InChI is InChI=1S/C35H72O12Si/c1-5-6-7-8-9-10-11-12-13-14-35(36)46-33-31-44-29-27-42-25-23-40-21-19-38-17-15-37-16-18-39-20-22-41-24-26-43-28-30-45-32-34-47-48(2,3)4/h5-34H2,1-4H3. The summed E-state index contributed by atoms with van der Waals surface area (Å²) in [4.78, 5) is 11.8. The van der Waals surface area contributed by atoms with Crippen LogP contribution in [0.2, 0.25) is 19.6 Å². The molecular weight excluding hydrogens is 640 g/mol. The largest absolute Gasteiger partial charge is 0.463 e. The van der Waals surface area contributed by atoms with Crippen LogP contribution < -0.4 is 0 Å². The van der Waals surface area contributed by atoms with Crippen molar-refractivity contribution < 1.29 is 56.6 Å². The highest BCUT2D eigenvalue weighted by atomic mass is 28.4. The van der Waals surface area contributed by atoms with Gasteiger partial charge in [-0.3, -0.25) is 4.79 Å². The number of unbranched alkanes of at least 4 members (excludes halogenated alkanes) is 8. The second-order valence-corrected chi connectivity index (χ2v) is 16.8. The lowest BCUT2D eigenvalue weighted by Crippen LogP contribution is -2.27. The van der Waals surface area contributed by atoms with Gasteiger partial charge in [-0.2, -0.15) is 0 Å². The van der Waals surface area contributed by atoms with Gasteiger partial charge in [0.15, 0.2) is 8.32 Å². The van der Waals surface area contributed by atoms with E-state index in [0.717, 1.165) is 12.8 Å². The Kier molecular flexibility index (Phi) is 38.5. The van der Waals surface area contributed by atoms with Crippen LogP contribution in [-0.2, 0) is 56.6 Å². The first-order chi connectivity index (χ1) is 23.5. The summed E-state index contributed by atoms with van der Waals surface area (Å²) in [5.41, 5.74) is 0. The number of hydrogen-bond acceptors (Lipinski definition) is 12. The molecule has 0 spiro atoms. The Morgan fingerprint density at radius 1 is 0.375 bits per heavy atom. The molecule has 0 saturated heterocycles. The SMILES string of the molecule is CCCCCCCCCCCC(=O)OCCOCCOCCOCCOCCOCCOCCOCCOCCOCCO[Si](C)(C)C. The highest BCUT2D eigenvalue weighted by Crippen LogP contribution is 2.10. The maximum absolute atomic E-state index is 11.8. The van der Waals surface area contributed by atoms with Gasteiger partial charge in [-0.25, -0.2) is 0 Å². The van der Waals surface area contributed by atoms with Crippen LogP contribution in [0.5, 0.6) is 0 Å². The van der Waals surface area contributed by atoms with Crippen molar-refractivity contribution in [2.24, 2.45) is 0 Å². The minimum absolute atomic E-state index is 0.135. The molecule has 0 aromatic carbocycles. The van der Waals surface area contributed by atoms with Crippen molar-refractivity contribution in [3.63, 3.8) is 0 Å². The summed E-state index contributed by atoms with van der Waals surface area (Å²) < 4.78 is 60.2. The summed E-state index contributed by atoms with van der Waals surface area (Å²) in [6.07, 6.45) is 11.6. The molecule has 0 aliphatic carbocycles. The first-order valence-electron chi connectivity index (χ1n) is 18.4. The Labute approximate surface area is 293 Å². The minimum Gasteiger partial charge on any atom is -0.463 e. The molecule has 0 N–H and O–H groups in total. The Bertz CT molecular complexity index is 639. The fourth-order valence-electron chi connectivity index (χ4n) is 4.13. The van der Waals surface area contributed by atoms with Crippen molar-refractivity contribution in [2.75, 3.05) is 132 Å². The van der Waals surface area contributed by atoms with Crippen LogP contribution in [0.15, 0.2) is 0 Å². The van der Waals surface area contributed by atoms with Gasteiger partial charge >= 0.3 is 5.97 Å². The quantitative estimate of drug-likeness (QED) is 0.0456. The van der Waals surface area contributed by atoms with E-state index >= 15 is 0 Å². The molecule has 0 aliphatic rings. The van der Waals surface area contributed by atoms with Crippen LogP contribution in [0, 0.1) is 0 Å². The molecule has 288 valence electrons. The van der Waals surface area contributed by atoms with Crippen LogP contribution in [0.4, 0.5) is 0 Å². The van der Waals surface area contributed by atoms with Crippen molar-refractivity contribution in [3.05, 3.63) is 0 Å². The Morgan fingerprint density at radius 3 is 0.958 bits per heavy atom. The summed E-state index contributed by atoms with van der Waals surface area (Å²) in [5, 5.41) is 0. The molecule has 0 saturated carbocycles. The van der Waals surface area contributed by atoms with E-state index in [0.29, 0.717) is 139 Å². The predicted octanol–water partition coefficient (Wildman–Crippen LogP) is 5.45. The molecule has 0 radical (unpaired) electrons. The zero-order valence-corrected chi connectivity index (χ0v) is 32.1. The first-order valence-corrected chi connectivity index (χ1v) is 21.9. The van der Waals surface area contributed by atoms with Gasteiger partial charge in [-0.15, -0.1) is 0 Å². The Balaban J connectivity index is 3.12. The third kappa shape index (κ3) is 43.3. The van der Waals surface area contributed by atoms with E-state index in [2.05, 4.69) is 26.6 Å². The molecule has 48 heavy (non-hydrogen) atoms. The third-order valence-electron chi connectivity index (χ3n) is 6.71. The maximum Gasteiger partial charge on any atom is 0.305 e. The molecule has 0 heterocycles. The third-order valence-corrected chi connectivity index (χ3v) is 7.78. The zero-order valence-electron chi connectivity index (χ0n) is 31.1.